The Balaban J connectivity index is 1.52. The molecule has 2 aromatic heterocycles. The number of imidazole rings is 1. The van der Waals surface area contributed by atoms with E-state index in [4.69, 9.17) is 10.5 Å². The van der Waals surface area contributed by atoms with Crippen LogP contribution in [0.15, 0.2) is 12.4 Å². The summed E-state index contributed by atoms with van der Waals surface area (Å²) in [6.45, 7) is 3.71. The highest BCUT2D eigenvalue weighted by Gasteiger charge is 2.49. The fourth-order valence-electron chi connectivity index (χ4n) is 4.60. The zero-order valence-electron chi connectivity index (χ0n) is 16.8. The van der Waals surface area contributed by atoms with Crippen LogP contribution in [0.4, 0.5) is 5.82 Å². The number of nitrogens with two attached hydrogens (primary N) is 1. The predicted octanol–water partition coefficient (Wildman–Crippen LogP) is 0.0458. The molecule has 3 N–H and O–H groups in total. The number of nitrogens with zero attached hydrogens (tertiary/aromatic N) is 5. The van der Waals surface area contributed by atoms with Crippen LogP contribution in [0.1, 0.15) is 29.9 Å². The number of likely N-dealkylation sites (tertiary alicyclic amines) is 1. The van der Waals surface area contributed by atoms with Crippen LogP contribution in [-0.2, 0) is 32.8 Å². The largest absolute Gasteiger partial charge is 0.384 e. The van der Waals surface area contributed by atoms with Gasteiger partial charge in [-0.15, -0.1) is 0 Å². The van der Waals surface area contributed by atoms with Gasteiger partial charge in [0.1, 0.15) is 19.0 Å². The summed E-state index contributed by atoms with van der Waals surface area (Å²) in [6, 6.07) is 1.75. The molecule has 0 aromatic carbocycles. The Kier molecular flexibility index (Phi) is 5.03. The van der Waals surface area contributed by atoms with Crippen molar-refractivity contribution in [1.29, 1.82) is 0 Å². The first-order chi connectivity index (χ1) is 13.9. The van der Waals surface area contributed by atoms with Crippen molar-refractivity contribution in [3.63, 3.8) is 0 Å². The first kappa shape index (κ1) is 19.4. The van der Waals surface area contributed by atoms with E-state index in [1.807, 2.05) is 16.7 Å². The SMILES string of the molecule is COCC(=O)N1CCc2[nH]cnc2C12CCN(C(=O)Cn1nc(C)cc1N)CC2. The highest BCUT2D eigenvalue weighted by molar-refractivity contribution is 5.79. The van der Waals surface area contributed by atoms with Crippen molar-refractivity contribution in [3.05, 3.63) is 29.5 Å². The van der Waals surface area contributed by atoms with E-state index in [-0.39, 0.29) is 25.0 Å². The summed E-state index contributed by atoms with van der Waals surface area (Å²) in [4.78, 5) is 37.0. The molecule has 0 unspecified atom stereocenters. The molecule has 156 valence electrons. The topological polar surface area (TPSA) is 122 Å². The first-order valence-corrected chi connectivity index (χ1v) is 9.84. The van der Waals surface area contributed by atoms with Gasteiger partial charge in [0.05, 0.1) is 23.3 Å². The number of carbonyl (C=O) groups excluding carboxylic acids is 2. The third-order valence-corrected chi connectivity index (χ3v) is 5.99. The number of hydrogen-bond donors (Lipinski definition) is 2. The molecular formula is C19H27N7O3. The number of fused-ring (bicyclic) bond motifs is 2. The summed E-state index contributed by atoms with van der Waals surface area (Å²) in [7, 11) is 1.53. The number of methoxy groups -OCH3 is 1. The smallest absolute Gasteiger partial charge is 0.249 e. The van der Waals surface area contributed by atoms with E-state index in [9.17, 15) is 9.59 Å². The van der Waals surface area contributed by atoms with Crippen molar-refractivity contribution in [1.82, 2.24) is 29.5 Å². The summed E-state index contributed by atoms with van der Waals surface area (Å²) in [5.74, 6) is 0.414. The average molecular weight is 401 g/mol. The minimum absolute atomic E-state index is 0.0255. The van der Waals surface area contributed by atoms with E-state index in [0.29, 0.717) is 38.3 Å². The van der Waals surface area contributed by atoms with Crippen molar-refractivity contribution >= 4 is 17.6 Å². The number of aryl methyl sites for hydroxylation is 1. The Morgan fingerprint density at radius 2 is 2.03 bits per heavy atom. The van der Waals surface area contributed by atoms with Crippen LogP contribution in [0.2, 0.25) is 0 Å². The number of ether oxygens (including phenoxy) is 1. The molecule has 2 aromatic rings. The third kappa shape index (κ3) is 3.37. The fraction of sp³-hybridized carbons (Fsp3) is 0.579. The number of amides is 2. The summed E-state index contributed by atoms with van der Waals surface area (Å²) in [5, 5.41) is 4.27. The van der Waals surface area contributed by atoms with Crippen LogP contribution in [0.3, 0.4) is 0 Å². The standard InChI is InChI=1S/C19H27N7O3/c1-13-9-15(20)26(23-13)10-16(27)24-7-4-19(5-8-24)18-14(21-12-22-18)3-6-25(19)17(28)11-29-2/h9,12H,3-8,10-11,20H2,1-2H3,(H,21,22). The maximum atomic E-state index is 12.8. The van der Waals surface area contributed by atoms with Crippen LogP contribution in [-0.4, -0.2) is 74.7 Å². The Bertz CT molecular complexity index is 911. The van der Waals surface area contributed by atoms with Crippen LogP contribution in [0.25, 0.3) is 0 Å². The molecule has 10 heteroatoms. The normalized spacial score (nSPS) is 18.1. The van der Waals surface area contributed by atoms with Gasteiger partial charge in [-0.2, -0.15) is 5.10 Å². The molecule has 2 amide bonds. The summed E-state index contributed by atoms with van der Waals surface area (Å²) in [6.07, 6.45) is 3.71. The maximum Gasteiger partial charge on any atom is 0.249 e. The second-order valence-corrected chi connectivity index (χ2v) is 7.74. The Morgan fingerprint density at radius 3 is 2.69 bits per heavy atom. The number of carbonyl (C=O) groups is 2. The molecule has 2 aliphatic heterocycles. The molecule has 4 heterocycles. The molecule has 1 spiro atoms. The van der Waals surface area contributed by atoms with Gasteiger partial charge in [0, 0.05) is 44.9 Å². The molecule has 0 bridgehead atoms. The van der Waals surface area contributed by atoms with Gasteiger partial charge in [-0.05, 0) is 19.8 Å². The van der Waals surface area contributed by atoms with Gasteiger partial charge in [-0.25, -0.2) is 9.67 Å². The number of nitrogen functional groups attached to an aromatic ring is 1. The van der Waals surface area contributed by atoms with Gasteiger partial charge >= 0.3 is 0 Å². The molecule has 29 heavy (non-hydrogen) atoms. The van der Waals surface area contributed by atoms with E-state index < -0.39 is 5.54 Å². The zero-order valence-corrected chi connectivity index (χ0v) is 16.8. The molecular weight excluding hydrogens is 374 g/mol. The molecule has 0 radical (unpaired) electrons. The molecule has 2 aliphatic rings. The van der Waals surface area contributed by atoms with E-state index >= 15 is 0 Å². The van der Waals surface area contributed by atoms with Gasteiger partial charge in [0.25, 0.3) is 0 Å². The highest BCUT2D eigenvalue weighted by Crippen LogP contribution is 2.42. The number of aromatic nitrogens is 4. The molecule has 0 aliphatic carbocycles. The predicted molar refractivity (Wildman–Crippen MR) is 105 cm³/mol. The molecule has 4 rings (SSSR count). The molecule has 0 atom stereocenters. The van der Waals surface area contributed by atoms with Crippen LogP contribution in [0.5, 0.6) is 0 Å². The lowest BCUT2D eigenvalue weighted by Gasteiger charge is -2.50. The van der Waals surface area contributed by atoms with E-state index in [2.05, 4.69) is 15.1 Å². The number of hydrogen-bond acceptors (Lipinski definition) is 6. The number of H-pyrrole nitrogens is 1. The molecule has 1 saturated heterocycles. The van der Waals surface area contributed by atoms with Gasteiger partial charge in [-0.1, -0.05) is 0 Å². The Labute approximate surface area is 169 Å². The minimum Gasteiger partial charge on any atom is -0.384 e. The fourth-order valence-corrected chi connectivity index (χ4v) is 4.60. The molecule has 0 saturated carbocycles. The summed E-state index contributed by atoms with van der Waals surface area (Å²) in [5.41, 5.74) is 8.20. The number of aromatic amines is 1. The van der Waals surface area contributed by atoms with Gasteiger partial charge in [0.15, 0.2) is 0 Å². The second-order valence-electron chi connectivity index (χ2n) is 7.74. The average Bonchev–Trinajstić information content (AvgIpc) is 3.29. The van der Waals surface area contributed by atoms with E-state index in [1.165, 1.54) is 11.8 Å². The monoisotopic (exact) mass is 401 g/mol. The number of piperidine rings is 1. The molecule has 1 fully saturated rings. The lowest BCUT2D eigenvalue weighted by Crippen LogP contribution is -2.59. The van der Waals surface area contributed by atoms with E-state index in [0.717, 1.165) is 23.5 Å². The lowest BCUT2D eigenvalue weighted by molar-refractivity contribution is -0.148. The first-order valence-electron chi connectivity index (χ1n) is 9.84. The lowest BCUT2D eigenvalue weighted by atomic mass is 9.78. The molecule has 10 nitrogen and oxygen atoms in total. The third-order valence-electron chi connectivity index (χ3n) is 5.99. The Hall–Kier alpha value is -2.88. The number of anilines is 1. The Morgan fingerprint density at radius 1 is 1.28 bits per heavy atom. The van der Waals surface area contributed by atoms with Gasteiger partial charge < -0.3 is 25.3 Å². The summed E-state index contributed by atoms with van der Waals surface area (Å²) < 4.78 is 6.62. The van der Waals surface area contributed by atoms with Crippen molar-refractivity contribution in [3.8, 4) is 0 Å². The maximum absolute atomic E-state index is 12.8. The number of nitrogens with one attached hydrogen (secondary N) is 1. The van der Waals surface area contributed by atoms with Gasteiger partial charge in [0.2, 0.25) is 11.8 Å². The van der Waals surface area contributed by atoms with Gasteiger partial charge in [-0.3, -0.25) is 9.59 Å². The second kappa shape index (κ2) is 7.51. The van der Waals surface area contributed by atoms with Crippen LogP contribution >= 0.6 is 0 Å². The van der Waals surface area contributed by atoms with Crippen molar-refractivity contribution in [2.24, 2.45) is 0 Å². The van der Waals surface area contributed by atoms with Crippen molar-refractivity contribution in [2.75, 3.05) is 39.1 Å². The van der Waals surface area contributed by atoms with Crippen LogP contribution in [0, 0.1) is 6.92 Å². The van der Waals surface area contributed by atoms with Crippen molar-refractivity contribution < 1.29 is 14.3 Å². The van der Waals surface area contributed by atoms with E-state index in [1.54, 1.807) is 12.4 Å². The van der Waals surface area contributed by atoms with Crippen molar-refractivity contribution in [2.45, 2.75) is 38.3 Å². The highest BCUT2D eigenvalue weighted by atomic mass is 16.5. The number of rotatable bonds is 4. The minimum atomic E-state index is -0.499. The van der Waals surface area contributed by atoms with Crippen LogP contribution < -0.4 is 5.73 Å². The quantitative estimate of drug-likeness (QED) is 0.746. The zero-order chi connectivity index (χ0) is 20.6. The summed E-state index contributed by atoms with van der Waals surface area (Å²) >= 11 is 0.